The van der Waals surface area contributed by atoms with Crippen molar-refractivity contribution in [1.82, 2.24) is 0 Å². The van der Waals surface area contributed by atoms with Crippen molar-refractivity contribution in [2.24, 2.45) is 0 Å². The van der Waals surface area contributed by atoms with Gasteiger partial charge in [0.1, 0.15) is 5.82 Å². The standard InChI is InChI=1S/C13H17BrFNO/c1-9-6-10(14)11(15)7-12(9)16-8-13(17)4-2-3-5-13/h6-7,16-17H,2-5,8H2,1H3. The summed E-state index contributed by atoms with van der Waals surface area (Å²) in [4.78, 5) is 0. The maximum absolute atomic E-state index is 13.4. The van der Waals surface area contributed by atoms with Crippen LogP contribution in [0, 0.1) is 12.7 Å². The third-order valence-electron chi connectivity index (χ3n) is 3.41. The van der Waals surface area contributed by atoms with Gasteiger partial charge in [0, 0.05) is 12.2 Å². The molecule has 2 N–H and O–H groups in total. The van der Waals surface area contributed by atoms with Gasteiger partial charge in [-0.15, -0.1) is 0 Å². The number of halogens is 2. The highest BCUT2D eigenvalue weighted by Crippen LogP contribution is 2.30. The van der Waals surface area contributed by atoms with Crippen LogP contribution in [0.1, 0.15) is 31.2 Å². The Morgan fingerprint density at radius 2 is 2.06 bits per heavy atom. The van der Waals surface area contributed by atoms with Crippen molar-refractivity contribution in [3.8, 4) is 0 Å². The molecular weight excluding hydrogens is 285 g/mol. The summed E-state index contributed by atoms with van der Waals surface area (Å²) in [5, 5.41) is 13.4. The first-order valence-electron chi connectivity index (χ1n) is 5.92. The molecule has 0 saturated heterocycles. The molecule has 1 aromatic carbocycles. The number of benzene rings is 1. The van der Waals surface area contributed by atoms with E-state index in [1.807, 2.05) is 6.92 Å². The molecule has 0 heterocycles. The van der Waals surface area contributed by atoms with E-state index < -0.39 is 5.60 Å². The van der Waals surface area contributed by atoms with Gasteiger partial charge in [-0.2, -0.15) is 0 Å². The molecule has 1 aliphatic carbocycles. The van der Waals surface area contributed by atoms with Crippen molar-refractivity contribution < 1.29 is 9.50 Å². The highest BCUT2D eigenvalue weighted by molar-refractivity contribution is 9.10. The number of hydrogen-bond donors (Lipinski definition) is 2. The smallest absolute Gasteiger partial charge is 0.139 e. The molecule has 0 amide bonds. The molecule has 1 aliphatic rings. The molecular formula is C13H17BrFNO. The minimum absolute atomic E-state index is 0.281. The minimum Gasteiger partial charge on any atom is -0.388 e. The van der Waals surface area contributed by atoms with Gasteiger partial charge in [-0.05, 0) is 53.4 Å². The predicted molar refractivity (Wildman–Crippen MR) is 70.7 cm³/mol. The Hall–Kier alpha value is -0.610. The fourth-order valence-electron chi connectivity index (χ4n) is 2.31. The van der Waals surface area contributed by atoms with Gasteiger partial charge in [-0.25, -0.2) is 4.39 Å². The number of hydrogen-bond acceptors (Lipinski definition) is 2. The molecule has 0 bridgehead atoms. The first kappa shape index (κ1) is 12.8. The molecule has 0 unspecified atom stereocenters. The number of anilines is 1. The Kier molecular flexibility index (Phi) is 3.73. The van der Waals surface area contributed by atoms with Crippen LogP contribution in [-0.2, 0) is 0 Å². The van der Waals surface area contributed by atoms with E-state index in [-0.39, 0.29) is 5.82 Å². The van der Waals surface area contributed by atoms with E-state index in [0.717, 1.165) is 36.9 Å². The van der Waals surface area contributed by atoms with E-state index in [9.17, 15) is 9.50 Å². The molecule has 1 aromatic rings. The maximum atomic E-state index is 13.4. The first-order chi connectivity index (χ1) is 8.00. The summed E-state index contributed by atoms with van der Waals surface area (Å²) in [6.07, 6.45) is 3.81. The third-order valence-corrected chi connectivity index (χ3v) is 4.02. The third kappa shape index (κ3) is 2.99. The van der Waals surface area contributed by atoms with Gasteiger partial charge in [0.15, 0.2) is 0 Å². The zero-order valence-corrected chi connectivity index (χ0v) is 11.5. The molecule has 0 aromatic heterocycles. The fraction of sp³-hybridized carbons (Fsp3) is 0.538. The Bertz CT molecular complexity index is 416. The number of aliphatic hydroxyl groups is 1. The van der Waals surface area contributed by atoms with E-state index >= 15 is 0 Å². The van der Waals surface area contributed by atoms with Crippen molar-refractivity contribution >= 4 is 21.6 Å². The molecule has 0 atom stereocenters. The van der Waals surface area contributed by atoms with Crippen LogP contribution in [-0.4, -0.2) is 17.3 Å². The highest BCUT2D eigenvalue weighted by Gasteiger charge is 2.30. The lowest BCUT2D eigenvalue weighted by Crippen LogP contribution is -2.33. The van der Waals surface area contributed by atoms with Crippen LogP contribution >= 0.6 is 15.9 Å². The van der Waals surface area contributed by atoms with E-state index in [0.29, 0.717) is 11.0 Å². The highest BCUT2D eigenvalue weighted by atomic mass is 79.9. The van der Waals surface area contributed by atoms with E-state index in [2.05, 4.69) is 21.2 Å². The van der Waals surface area contributed by atoms with E-state index in [4.69, 9.17) is 0 Å². The van der Waals surface area contributed by atoms with Crippen molar-refractivity contribution in [3.63, 3.8) is 0 Å². The Morgan fingerprint density at radius 3 is 2.71 bits per heavy atom. The van der Waals surface area contributed by atoms with Crippen LogP contribution in [0.5, 0.6) is 0 Å². The van der Waals surface area contributed by atoms with Crippen LogP contribution in [0.25, 0.3) is 0 Å². The average molecular weight is 302 g/mol. The van der Waals surface area contributed by atoms with Gasteiger partial charge >= 0.3 is 0 Å². The molecule has 4 heteroatoms. The van der Waals surface area contributed by atoms with Gasteiger partial charge in [0.05, 0.1) is 10.1 Å². The van der Waals surface area contributed by atoms with Gasteiger partial charge in [0.25, 0.3) is 0 Å². The summed E-state index contributed by atoms with van der Waals surface area (Å²) in [5.41, 5.74) is 1.11. The molecule has 2 nitrogen and oxygen atoms in total. The van der Waals surface area contributed by atoms with E-state index in [1.165, 1.54) is 6.07 Å². The first-order valence-corrected chi connectivity index (χ1v) is 6.71. The largest absolute Gasteiger partial charge is 0.388 e. The Balaban J connectivity index is 2.06. The average Bonchev–Trinajstić information content (AvgIpc) is 2.69. The van der Waals surface area contributed by atoms with Crippen LogP contribution in [0.15, 0.2) is 16.6 Å². The van der Waals surface area contributed by atoms with Crippen LogP contribution in [0.2, 0.25) is 0 Å². The van der Waals surface area contributed by atoms with Gasteiger partial charge < -0.3 is 10.4 Å². The zero-order valence-electron chi connectivity index (χ0n) is 9.89. The Morgan fingerprint density at radius 1 is 1.41 bits per heavy atom. The van der Waals surface area contributed by atoms with Crippen LogP contribution in [0.4, 0.5) is 10.1 Å². The summed E-state index contributed by atoms with van der Waals surface area (Å²) in [7, 11) is 0. The molecule has 0 radical (unpaired) electrons. The molecule has 0 aliphatic heterocycles. The summed E-state index contributed by atoms with van der Waals surface area (Å²) < 4.78 is 13.9. The second kappa shape index (κ2) is 4.94. The van der Waals surface area contributed by atoms with Crippen molar-refractivity contribution in [1.29, 1.82) is 0 Å². The molecule has 1 fully saturated rings. The van der Waals surface area contributed by atoms with Crippen molar-refractivity contribution in [2.75, 3.05) is 11.9 Å². The second-order valence-corrected chi connectivity index (χ2v) is 5.72. The maximum Gasteiger partial charge on any atom is 0.139 e. The lowest BCUT2D eigenvalue weighted by atomic mass is 10.0. The zero-order chi connectivity index (χ0) is 12.5. The van der Waals surface area contributed by atoms with Gasteiger partial charge in [-0.3, -0.25) is 0 Å². The molecule has 17 heavy (non-hydrogen) atoms. The SMILES string of the molecule is Cc1cc(Br)c(F)cc1NCC1(O)CCCC1. The van der Waals surface area contributed by atoms with Gasteiger partial charge in [0.2, 0.25) is 0 Å². The Labute approximate surface area is 109 Å². The quantitative estimate of drug-likeness (QED) is 0.894. The van der Waals surface area contributed by atoms with Crippen LogP contribution in [0.3, 0.4) is 0 Å². The molecule has 0 spiro atoms. The lowest BCUT2D eigenvalue weighted by molar-refractivity contribution is 0.0614. The normalized spacial score (nSPS) is 18.4. The minimum atomic E-state index is -0.615. The van der Waals surface area contributed by atoms with Crippen molar-refractivity contribution in [3.05, 3.63) is 28.0 Å². The lowest BCUT2D eigenvalue weighted by Gasteiger charge is -2.23. The number of rotatable bonds is 3. The fourth-order valence-corrected chi connectivity index (χ4v) is 2.76. The monoisotopic (exact) mass is 301 g/mol. The summed E-state index contributed by atoms with van der Waals surface area (Å²) in [6, 6.07) is 3.22. The summed E-state index contributed by atoms with van der Waals surface area (Å²) >= 11 is 3.16. The number of nitrogens with one attached hydrogen (secondary N) is 1. The topological polar surface area (TPSA) is 32.3 Å². The molecule has 2 rings (SSSR count). The number of aryl methyl sites for hydroxylation is 1. The van der Waals surface area contributed by atoms with Crippen molar-refractivity contribution in [2.45, 2.75) is 38.2 Å². The summed E-state index contributed by atoms with van der Waals surface area (Å²) in [5.74, 6) is -0.281. The van der Waals surface area contributed by atoms with Crippen LogP contribution < -0.4 is 5.32 Å². The second-order valence-electron chi connectivity index (χ2n) is 4.87. The predicted octanol–water partition coefficient (Wildman–Crippen LogP) is 3.61. The van der Waals surface area contributed by atoms with E-state index in [1.54, 1.807) is 6.07 Å². The summed E-state index contributed by atoms with van der Waals surface area (Å²) in [6.45, 7) is 2.42. The van der Waals surface area contributed by atoms with Gasteiger partial charge in [-0.1, -0.05) is 12.8 Å². The molecule has 1 saturated carbocycles. The molecule has 94 valence electrons.